The van der Waals surface area contributed by atoms with Crippen LogP contribution in [0.4, 0.5) is 0 Å². The monoisotopic (exact) mass is 753 g/mol. The number of nitrogens with one attached hydrogen (secondary N) is 4. The number of imidazole rings is 1. The third kappa shape index (κ3) is 22.2. The molecule has 41 heavy (non-hydrogen) atoms. The number of carboxylic acids is 2. The molecule has 0 aliphatic heterocycles. The SMILES string of the molecule is NC(N)=NCCC[C@H](NC(=O)[C@@H](N)Cc1cnc[nH]1)C(=O)NCC(=O)N[C@@H](CC(=O)O)C(=O)O.[186Re].[C-]#[O+].[C-]#[O+].[C-]#[O+]. The maximum atomic E-state index is 12.6. The molecule has 1 aromatic heterocycles. The molecule has 0 aliphatic carbocycles. The van der Waals surface area contributed by atoms with Gasteiger partial charge in [0.15, 0.2) is 5.96 Å². The third-order valence-corrected chi connectivity index (χ3v) is 4.34. The number of nitrogens with zero attached hydrogens (tertiary/aromatic N) is 2. The van der Waals surface area contributed by atoms with Gasteiger partial charge in [0.25, 0.3) is 0 Å². The Bertz CT molecular complexity index is 1010. The van der Waals surface area contributed by atoms with Crippen molar-refractivity contribution in [3.8, 4) is 0 Å². The summed E-state index contributed by atoms with van der Waals surface area (Å²) < 4.78 is 22.5. The van der Waals surface area contributed by atoms with E-state index in [1.807, 2.05) is 5.32 Å². The van der Waals surface area contributed by atoms with E-state index >= 15 is 0 Å². The number of aliphatic imine (C=N–C) groups is 1. The van der Waals surface area contributed by atoms with Crippen LogP contribution in [0.2, 0.25) is 0 Å². The van der Waals surface area contributed by atoms with Gasteiger partial charge in [-0.2, -0.15) is 0 Å². The second-order valence-electron chi connectivity index (χ2n) is 7.17. The van der Waals surface area contributed by atoms with Crippen molar-refractivity contribution in [3.63, 3.8) is 0 Å². The number of hydrogen-bond acceptors (Lipinski definition) is 8. The Morgan fingerprint density at radius 1 is 1.00 bits per heavy atom. The summed E-state index contributed by atoms with van der Waals surface area (Å²) in [6.07, 6.45) is 2.63. The zero-order chi connectivity index (χ0) is 31.7. The molecule has 0 aliphatic rings. The van der Waals surface area contributed by atoms with Crippen molar-refractivity contribution in [1.29, 1.82) is 0 Å². The number of carboxylic acid groups (broad SMARTS) is 2. The van der Waals surface area contributed by atoms with Crippen LogP contribution < -0.4 is 33.2 Å². The Balaban J connectivity index is -0.000000913. The van der Waals surface area contributed by atoms with Crippen LogP contribution in [0, 0.1) is 20.0 Å². The van der Waals surface area contributed by atoms with Gasteiger partial charge in [0.1, 0.15) is 12.1 Å². The van der Waals surface area contributed by atoms with Gasteiger partial charge in [0.05, 0.1) is 25.3 Å². The van der Waals surface area contributed by atoms with E-state index in [0.717, 1.165) is 0 Å². The molecule has 0 spiro atoms. The number of aromatic nitrogens is 2. The fraction of sp³-hybridized carbons (Fsp3) is 0.429. The van der Waals surface area contributed by atoms with Gasteiger partial charge in [-0.15, -0.1) is 0 Å². The van der Waals surface area contributed by atoms with Crippen molar-refractivity contribution in [2.45, 2.75) is 43.8 Å². The number of aliphatic carboxylic acids is 2. The maximum absolute atomic E-state index is 12.6. The number of H-pyrrole nitrogens is 1. The van der Waals surface area contributed by atoms with E-state index in [4.69, 9.17) is 41.4 Å². The zero-order valence-electron chi connectivity index (χ0n) is 21.3. The Morgan fingerprint density at radius 3 is 2.05 bits per heavy atom. The predicted octanol–water partition coefficient (Wildman–Crippen LogP) is -4.14. The van der Waals surface area contributed by atoms with Crippen LogP contribution in [0.1, 0.15) is 25.0 Å². The number of rotatable bonds is 15. The van der Waals surface area contributed by atoms with Crippen LogP contribution in [-0.4, -0.2) is 87.0 Å². The number of amides is 3. The van der Waals surface area contributed by atoms with Crippen molar-refractivity contribution in [1.82, 2.24) is 25.9 Å². The van der Waals surface area contributed by atoms with E-state index in [1.165, 1.54) is 12.5 Å². The molecule has 0 fully saturated rings. The first-order valence-corrected chi connectivity index (χ1v) is 10.7. The number of nitrogens with two attached hydrogens (primary N) is 3. The molecule has 0 saturated carbocycles. The predicted molar refractivity (Wildman–Crippen MR) is 129 cm³/mol. The molecule has 3 atom stereocenters. The van der Waals surface area contributed by atoms with Crippen molar-refractivity contribution < 1.29 is 68.6 Å². The van der Waals surface area contributed by atoms with Crippen LogP contribution in [-0.2, 0) is 64.8 Å². The van der Waals surface area contributed by atoms with E-state index in [0.29, 0.717) is 12.1 Å². The molecular weight excluding hydrogens is 724 g/mol. The van der Waals surface area contributed by atoms with Crippen LogP contribution in [0.5, 0.6) is 0 Å². The van der Waals surface area contributed by atoms with E-state index < -0.39 is 60.8 Å². The van der Waals surface area contributed by atoms with E-state index in [2.05, 4.69) is 45.5 Å². The minimum absolute atomic E-state index is 0. The summed E-state index contributed by atoms with van der Waals surface area (Å²) in [7, 11) is 0. The van der Waals surface area contributed by atoms with Gasteiger partial charge in [-0.1, -0.05) is 0 Å². The Labute approximate surface area is 247 Å². The first-order chi connectivity index (χ1) is 19.0. The number of hydrogen-bond donors (Lipinski definition) is 9. The Hall–Kier alpha value is -4.33. The third-order valence-electron chi connectivity index (χ3n) is 4.34. The Morgan fingerprint density at radius 2 is 1.59 bits per heavy atom. The fourth-order valence-electron chi connectivity index (χ4n) is 2.69. The van der Waals surface area contributed by atoms with Crippen molar-refractivity contribution in [2.75, 3.05) is 13.1 Å². The van der Waals surface area contributed by atoms with Gasteiger partial charge in [0, 0.05) is 45.3 Å². The molecule has 1 radical (unpaired) electrons. The quantitative estimate of drug-likeness (QED) is 0.0272. The molecule has 3 amide bonds. The topological polar surface area (TPSA) is 341 Å². The molecule has 12 N–H and O–H groups in total. The van der Waals surface area contributed by atoms with Gasteiger partial charge < -0.3 is 48.3 Å². The number of aromatic amines is 1. The van der Waals surface area contributed by atoms with Crippen LogP contribution in [0.15, 0.2) is 17.5 Å². The van der Waals surface area contributed by atoms with Crippen LogP contribution >= 0.6 is 0 Å². The number of carbonyl (C=O) groups excluding carboxylic acids is 3. The van der Waals surface area contributed by atoms with Gasteiger partial charge in [0.2, 0.25) is 17.7 Å². The standard InChI is InChI=1S/C18H29N9O7.3CO.Re/c19-10(4-9-6-22-8-25-9)15(31)27-11(2-1-3-23-18(20)21)16(32)24-7-13(28)26-12(17(33)34)5-14(29)30;3*1-2;/h6,8,10-12H,1-5,7,19H2,(H,22,25)(H,24,32)(H,26,28)(H,27,31)(H,29,30)(H,33,34)(H4,20,21,23);;;;/t10-,11-,12-;;;;/m0..../s1/i;;;;1+0. The second kappa shape index (κ2) is 27.2. The van der Waals surface area contributed by atoms with Gasteiger partial charge in [-0.25, -0.2) is 9.78 Å². The molecule has 19 nitrogen and oxygen atoms in total. The molecule has 0 aromatic carbocycles. The molecule has 0 unspecified atom stereocenters. The molecule has 1 heterocycles. The van der Waals surface area contributed by atoms with E-state index in [9.17, 15) is 24.0 Å². The van der Waals surface area contributed by atoms with Crippen LogP contribution in [0.3, 0.4) is 0 Å². The summed E-state index contributed by atoms with van der Waals surface area (Å²) in [4.78, 5) is 69.2. The molecule has 20 heteroatoms. The van der Waals surface area contributed by atoms with Crippen molar-refractivity contribution >= 4 is 35.6 Å². The number of carbonyl (C=O) groups is 5. The average molecular weight is 753 g/mol. The average Bonchev–Trinajstić information content (AvgIpc) is 3.44. The van der Waals surface area contributed by atoms with Crippen molar-refractivity contribution in [2.24, 2.45) is 22.2 Å². The Kier molecular flexibility index (Phi) is 29.1. The van der Waals surface area contributed by atoms with Gasteiger partial charge in [-0.05, 0) is 12.8 Å². The summed E-state index contributed by atoms with van der Waals surface area (Å²) in [5.41, 5.74) is 17.0. The summed E-state index contributed by atoms with van der Waals surface area (Å²) >= 11 is 0. The number of guanidine groups is 1. The molecule has 225 valence electrons. The first-order valence-electron chi connectivity index (χ1n) is 10.7. The van der Waals surface area contributed by atoms with Gasteiger partial charge in [-0.3, -0.25) is 24.2 Å². The van der Waals surface area contributed by atoms with E-state index in [-0.39, 0.29) is 45.8 Å². The van der Waals surface area contributed by atoms with Crippen molar-refractivity contribution in [3.05, 3.63) is 38.2 Å². The summed E-state index contributed by atoms with van der Waals surface area (Å²) in [6, 6.07) is -3.77. The molecule has 1 rings (SSSR count). The molecular formula is C21H29N9O10Re. The normalized spacial score (nSPS) is 11.0. The van der Waals surface area contributed by atoms with E-state index in [1.54, 1.807) is 0 Å². The fourth-order valence-corrected chi connectivity index (χ4v) is 2.69. The second-order valence-corrected chi connectivity index (χ2v) is 7.17. The summed E-state index contributed by atoms with van der Waals surface area (Å²) in [5, 5.41) is 24.5. The minimum atomic E-state index is -1.67. The van der Waals surface area contributed by atoms with Gasteiger partial charge >= 0.3 is 45.8 Å². The summed E-state index contributed by atoms with van der Waals surface area (Å²) in [5.74, 6) is -5.41. The summed E-state index contributed by atoms with van der Waals surface area (Å²) in [6.45, 7) is 13.0. The zero-order valence-corrected chi connectivity index (χ0v) is 24.0. The molecule has 0 saturated heterocycles. The first kappa shape index (κ1) is 43.7. The van der Waals surface area contributed by atoms with Crippen LogP contribution in [0.25, 0.3) is 0 Å². The molecule has 0 bridgehead atoms. The molecule has 1 aromatic rings.